The molecule has 0 aliphatic heterocycles. The first-order valence-corrected chi connectivity index (χ1v) is 9.87. The molecule has 0 saturated carbocycles. The van der Waals surface area contributed by atoms with Crippen LogP contribution in [-0.2, 0) is 11.3 Å². The maximum atomic E-state index is 12.0. The Morgan fingerprint density at radius 1 is 1.11 bits per heavy atom. The van der Waals surface area contributed by atoms with Crippen molar-refractivity contribution >= 4 is 40.8 Å². The van der Waals surface area contributed by atoms with E-state index in [1.807, 2.05) is 36.4 Å². The van der Waals surface area contributed by atoms with Crippen molar-refractivity contribution in [2.24, 2.45) is 0 Å². The van der Waals surface area contributed by atoms with E-state index in [9.17, 15) is 4.79 Å². The fourth-order valence-electron chi connectivity index (χ4n) is 2.33. The minimum absolute atomic E-state index is 0.129. The number of nitrogens with one attached hydrogen (secondary N) is 2. The number of methoxy groups -OCH3 is 1. The summed E-state index contributed by atoms with van der Waals surface area (Å²) in [6, 6.07) is 18.5. The second kappa shape index (κ2) is 9.96. The van der Waals surface area contributed by atoms with Crippen LogP contribution in [0.15, 0.2) is 65.7 Å². The molecule has 0 fully saturated rings. The summed E-state index contributed by atoms with van der Waals surface area (Å²) in [5.74, 6) is 1.60. The van der Waals surface area contributed by atoms with Gasteiger partial charge in [0.25, 0.3) is 0 Å². The lowest BCUT2D eigenvalue weighted by molar-refractivity contribution is -0.113. The first kappa shape index (κ1) is 20.0. The summed E-state index contributed by atoms with van der Waals surface area (Å²) in [7, 11) is 1.64. The van der Waals surface area contributed by atoms with Crippen LogP contribution in [0, 0.1) is 0 Å². The van der Waals surface area contributed by atoms with Crippen molar-refractivity contribution in [2.45, 2.75) is 11.6 Å². The van der Waals surface area contributed by atoms with Gasteiger partial charge in [-0.1, -0.05) is 41.6 Å². The molecule has 0 atom stereocenters. The molecule has 0 aliphatic rings. The predicted molar refractivity (Wildman–Crippen MR) is 113 cm³/mol. The van der Waals surface area contributed by atoms with Crippen molar-refractivity contribution in [1.29, 1.82) is 0 Å². The zero-order valence-electron chi connectivity index (χ0n) is 15.2. The van der Waals surface area contributed by atoms with Gasteiger partial charge >= 0.3 is 0 Å². The highest BCUT2D eigenvalue weighted by Crippen LogP contribution is 2.18. The Labute approximate surface area is 172 Å². The molecule has 0 radical (unpaired) electrons. The van der Waals surface area contributed by atoms with Gasteiger partial charge in [0.15, 0.2) is 0 Å². The third-order valence-electron chi connectivity index (χ3n) is 3.73. The van der Waals surface area contributed by atoms with E-state index in [4.69, 9.17) is 16.3 Å². The summed E-state index contributed by atoms with van der Waals surface area (Å²) in [5, 5.41) is 15.6. The number of aromatic nitrogens is 2. The molecule has 3 aromatic rings. The second-order valence-electron chi connectivity index (χ2n) is 5.81. The van der Waals surface area contributed by atoms with Crippen molar-refractivity contribution in [2.75, 3.05) is 23.5 Å². The average Bonchev–Trinajstić information content (AvgIpc) is 2.72. The van der Waals surface area contributed by atoms with Gasteiger partial charge in [0.05, 0.1) is 12.9 Å². The quantitative estimate of drug-likeness (QED) is 0.529. The number of nitrogens with zero attached hydrogens (tertiary/aromatic N) is 2. The average molecular weight is 415 g/mol. The minimum atomic E-state index is -0.129. The molecule has 3 rings (SSSR count). The number of halogens is 1. The van der Waals surface area contributed by atoms with E-state index in [0.29, 0.717) is 28.1 Å². The van der Waals surface area contributed by atoms with Crippen molar-refractivity contribution in [3.8, 4) is 5.75 Å². The van der Waals surface area contributed by atoms with Gasteiger partial charge in [-0.15, -0.1) is 10.2 Å². The number of anilines is 2. The number of thioether (sulfide) groups is 1. The van der Waals surface area contributed by atoms with Gasteiger partial charge in [-0.25, -0.2) is 0 Å². The lowest BCUT2D eigenvalue weighted by Crippen LogP contribution is -2.14. The standard InChI is InChI=1S/C20H19ClN4O2S/c1-27-17-7-5-14(6-8-17)12-22-18-9-10-20(25-24-18)28-13-19(26)23-16-4-2-3-15(21)11-16/h2-11H,12-13H2,1H3,(H,22,24)(H,23,26). The lowest BCUT2D eigenvalue weighted by atomic mass is 10.2. The van der Waals surface area contributed by atoms with E-state index in [0.717, 1.165) is 11.3 Å². The summed E-state index contributed by atoms with van der Waals surface area (Å²) in [6.07, 6.45) is 0. The molecule has 0 aliphatic carbocycles. The molecule has 0 spiro atoms. The first-order valence-electron chi connectivity index (χ1n) is 8.51. The van der Waals surface area contributed by atoms with Crippen LogP contribution >= 0.6 is 23.4 Å². The van der Waals surface area contributed by atoms with Crippen LogP contribution in [0.5, 0.6) is 5.75 Å². The van der Waals surface area contributed by atoms with Gasteiger partial charge in [0, 0.05) is 17.3 Å². The smallest absolute Gasteiger partial charge is 0.234 e. The number of carbonyl (C=O) groups excluding carboxylic acids is 1. The molecule has 0 saturated heterocycles. The topological polar surface area (TPSA) is 76.1 Å². The normalized spacial score (nSPS) is 10.4. The summed E-state index contributed by atoms with van der Waals surface area (Å²) >= 11 is 7.23. The number of benzene rings is 2. The highest BCUT2D eigenvalue weighted by atomic mass is 35.5. The van der Waals surface area contributed by atoms with Crippen molar-refractivity contribution in [3.05, 3.63) is 71.2 Å². The molecule has 1 heterocycles. The van der Waals surface area contributed by atoms with E-state index < -0.39 is 0 Å². The highest BCUT2D eigenvalue weighted by Gasteiger charge is 2.06. The molecule has 1 amide bonds. The summed E-state index contributed by atoms with van der Waals surface area (Å²) in [4.78, 5) is 12.0. The number of ether oxygens (including phenoxy) is 1. The molecule has 0 bridgehead atoms. The largest absolute Gasteiger partial charge is 0.497 e. The molecule has 6 nitrogen and oxygen atoms in total. The van der Waals surface area contributed by atoms with E-state index in [2.05, 4.69) is 20.8 Å². The maximum Gasteiger partial charge on any atom is 0.234 e. The van der Waals surface area contributed by atoms with Crippen LogP contribution < -0.4 is 15.4 Å². The number of rotatable bonds is 8. The van der Waals surface area contributed by atoms with Crippen molar-refractivity contribution in [3.63, 3.8) is 0 Å². The van der Waals surface area contributed by atoms with Gasteiger partial charge in [-0.2, -0.15) is 0 Å². The molecule has 2 N–H and O–H groups in total. The fourth-order valence-corrected chi connectivity index (χ4v) is 3.13. The minimum Gasteiger partial charge on any atom is -0.497 e. The van der Waals surface area contributed by atoms with E-state index in [1.165, 1.54) is 11.8 Å². The fraction of sp³-hybridized carbons (Fsp3) is 0.150. The lowest BCUT2D eigenvalue weighted by Gasteiger charge is -2.07. The van der Waals surface area contributed by atoms with Gasteiger partial charge in [-0.3, -0.25) is 4.79 Å². The van der Waals surface area contributed by atoms with Crippen LogP contribution in [0.3, 0.4) is 0 Å². The third kappa shape index (κ3) is 6.14. The van der Waals surface area contributed by atoms with Gasteiger partial charge in [0.2, 0.25) is 5.91 Å². The summed E-state index contributed by atoms with van der Waals surface area (Å²) in [6.45, 7) is 0.632. The highest BCUT2D eigenvalue weighted by molar-refractivity contribution is 7.99. The third-order valence-corrected chi connectivity index (χ3v) is 4.89. The number of carbonyl (C=O) groups is 1. The Kier molecular flexibility index (Phi) is 7.11. The number of hydrogen-bond donors (Lipinski definition) is 2. The van der Waals surface area contributed by atoms with Crippen LogP contribution in [0.25, 0.3) is 0 Å². The zero-order valence-corrected chi connectivity index (χ0v) is 16.8. The Hall–Kier alpha value is -2.77. The molecular formula is C20H19ClN4O2S. The molecule has 28 heavy (non-hydrogen) atoms. The molecule has 0 unspecified atom stereocenters. The van der Waals surface area contributed by atoms with Crippen LogP contribution in [0.2, 0.25) is 5.02 Å². The van der Waals surface area contributed by atoms with Crippen LogP contribution in [0.1, 0.15) is 5.56 Å². The van der Waals surface area contributed by atoms with Gasteiger partial charge < -0.3 is 15.4 Å². The molecule has 144 valence electrons. The van der Waals surface area contributed by atoms with Crippen LogP contribution in [-0.4, -0.2) is 29.0 Å². The second-order valence-corrected chi connectivity index (χ2v) is 7.24. The molecular weight excluding hydrogens is 396 g/mol. The first-order chi connectivity index (χ1) is 13.6. The van der Waals surface area contributed by atoms with Crippen molar-refractivity contribution in [1.82, 2.24) is 10.2 Å². The Bertz CT molecular complexity index is 920. The Morgan fingerprint density at radius 3 is 2.61 bits per heavy atom. The Morgan fingerprint density at radius 2 is 1.93 bits per heavy atom. The van der Waals surface area contributed by atoms with Crippen LogP contribution in [0.4, 0.5) is 11.5 Å². The van der Waals surface area contributed by atoms with E-state index >= 15 is 0 Å². The summed E-state index contributed by atoms with van der Waals surface area (Å²) < 4.78 is 5.14. The van der Waals surface area contributed by atoms with Crippen molar-refractivity contribution < 1.29 is 9.53 Å². The summed E-state index contributed by atoms with van der Waals surface area (Å²) in [5.41, 5.74) is 1.78. The Balaban J connectivity index is 1.45. The van der Waals surface area contributed by atoms with Gasteiger partial charge in [0.1, 0.15) is 16.6 Å². The molecule has 2 aromatic carbocycles. The van der Waals surface area contributed by atoms with E-state index in [-0.39, 0.29) is 11.7 Å². The molecule has 1 aromatic heterocycles. The van der Waals surface area contributed by atoms with Gasteiger partial charge in [-0.05, 0) is 48.0 Å². The SMILES string of the molecule is COc1ccc(CNc2ccc(SCC(=O)Nc3cccc(Cl)c3)nn2)cc1. The maximum absolute atomic E-state index is 12.0. The number of amides is 1. The molecule has 8 heteroatoms. The number of hydrogen-bond acceptors (Lipinski definition) is 6. The zero-order chi connectivity index (χ0) is 19.8. The monoisotopic (exact) mass is 414 g/mol. The predicted octanol–water partition coefficient (Wildman–Crippen LogP) is 4.48. The van der Waals surface area contributed by atoms with E-state index in [1.54, 1.807) is 31.4 Å².